The number of nitrogens with one attached hydrogen (secondary N) is 1. The highest BCUT2D eigenvalue weighted by Crippen LogP contribution is 2.24. The van der Waals surface area contributed by atoms with E-state index in [1.165, 1.54) is 11.1 Å². The highest BCUT2D eigenvalue weighted by atomic mass is 35.5. The summed E-state index contributed by atoms with van der Waals surface area (Å²) in [7, 11) is 0. The summed E-state index contributed by atoms with van der Waals surface area (Å²) in [4.78, 5) is 12.3. The van der Waals surface area contributed by atoms with Crippen molar-refractivity contribution >= 4 is 17.5 Å². The third-order valence-electron chi connectivity index (χ3n) is 3.79. The van der Waals surface area contributed by atoms with Crippen LogP contribution in [0.2, 0.25) is 5.02 Å². The fraction of sp³-hybridized carbons (Fsp3) is 0.350. The predicted octanol–water partition coefficient (Wildman–Crippen LogP) is 4.55. The van der Waals surface area contributed by atoms with Crippen molar-refractivity contribution in [2.45, 2.75) is 39.2 Å². The number of benzene rings is 2. The van der Waals surface area contributed by atoms with Crippen LogP contribution in [-0.4, -0.2) is 18.6 Å². The summed E-state index contributed by atoms with van der Waals surface area (Å²) in [6, 6.07) is 15.6. The molecule has 0 bridgehead atoms. The summed E-state index contributed by atoms with van der Waals surface area (Å²) in [5, 5.41) is 3.47. The van der Waals surface area contributed by atoms with E-state index < -0.39 is 6.10 Å². The molecular formula is C20H24ClNO2. The number of halogens is 1. The first-order valence-corrected chi connectivity index (χ1v) is 8.72. The molecule has 0 radical (unpaired) electrons. The van der Waals surface area contributed by atoms with E-state index in [2.05, 4.69) is 36.5 Å². The third-order valence-corrected chi connectivity index (χ3v) is 4.11. The maximum Gasteiger partial charge on any atom is 0.261 e. The van der Waals surface area contributed by atoms with Crippen LogP contribution in [0.15, 0.2) is 48.5 Å². The molecule has 24 heavy (non-hydrogen) atoms. The Balaban J connectivity index is 1.78. The van der Waals surface area contributed by atoms with Crippen molar-refractivity contribution in [2.75, 3.05) is 6.54 Å². The van der Waals surface area contributed by atoms with Gasteiger partial charge in [0.05, 0.1) is 5.02 Å². The van der Waals surface area contributed by atoms with Crippen molar-refractivity contribution in [1.82, 2.24) is 5.32 Å². The van der Waals surface area contributed by atoms with Gasteiger partial charge in [-0.3, -0.25) is 4.79 Å². The lowest BCUT2D eigenvalue weighted by atomic mass is 10.1. The summed E-state index contributed by atoms with van der Waals surface area (Å²) >= 11 is 6.08. The van der Waals surface area contributed by atoms with Crippen LogP contribution in [0.5, 0.6) is 5.75 Å². The second kappa shape index (κ2) is 9.33. The molecule has 2 rings (SSSR count). The summed E-state index contributed by atoms with van der Waals surface area (Å²) in [6.07, 6.45) is 1.92. The number of ether oxygens (including phenoxy) is 1. The van der Waals surface area contributed by atoms with Crippen LogP contribution < -0.4 is 10.1 Å². The van der Waals surface area contributed by atoms with E-state index in [4.69, 9.17) is 16.3 Å². The summed E-state index contributed by atoms with van der Waals surface area (Å²) in [5.74, 6) is 0.447. The highest BCUT2D eigenvalue weighted by Gasteiger charge is 2.18. The van der Waals surface area contributed by atoms with Gasteiger partial charge in [-0.1, -0.05) is 60.5 Å². The van der Waals surface area contributed by atoms with Gasteiger partial charge >= 0.3 is 0 Å². The predicted molar refractivity (Wildman–Crippen MR) is 98.7 cm³/mol. The van der Waals surface area contributed by atoms with Crippen LogP contribution in [-0.2, 0) is 11.2 Å². The van der Waals surface area contributed by atoms with E-state index in [0.717, 1.165) is 12.8 Å². The van der Waals surface area contributed by atoms with Gasteiger partial charge in [0.1, 0.15) is 5.75 Å². The molecule has 1 unspecified atom stereocenters. The number of carbonyl (C=O) groups excluding carboxylic acids is 1. The SMILES string of the molecule is CCC(Oc1ccccc1Cl)C(=O)NCCCc1cccc(C)c1. The zero-order chi connectivity index (χ0) is 17.4. The molecule has 0 saturated carbocycles. The van der Waals surface area contributed by atoms with Gasteiger partial charge in [-0.2, -0.15) is 0 Å². The fourth-order valence-electron chi connectivity index (χ4n) is 2.50. The monoisotopic (exact) mass is 345 g/mol. The molecule has 0 aliphatic carbocycles. The van der Waals surface area contributed by atoms with E-state index in [-0.39, 0.29) is 5.91 Å². The molecule has 128 valence electrons. The van der Waals surface area contributed by atoms with E-state index in [1.54, 1.807) is 12.1 Å². The number of amides is 1. The molecule has 1 amide bonds. The molecule has 2 aromatic carbocycles. The number of rotatable bonds is 8. The van der Waals surface area contributed by atoms with Crippen LogP contribution in [0, 0.1) is 6.92 Å². The van der Waals surface area contributed by atoms with Crippen molar-refractivity contribution in [3.8, 4) is 5.75 Å². The third kappa shape index (κ3) is 5.57. The molecule has 0 spiro atoms. The number of hydrogen-bond donors (Lipinski definition) is 1. The van der Waals surface area contributed by atoms with E-state index in [0.29, 0.717) is 23.7 Å². The molecule has 0 saturated heterocycles. The normalized spacial score (nSPS) is 11.8. The van der Waals surface area contributed by atoms with Crippen LogP contribution in [0.3, 0.4) is 0 Å². The fourth-order valence-corrected chi connectivity index (χ4v) is 2.68. The minimum absolute atomic E-state index is 0.0957. The number of carbonyl (C=O) groups is 1. The summed E-state index contributed by atoms with van der Waals surface area (Å²) in [5.41, 5.74) is 2.55. The van der Waals surface area contributed by atoms with Gasteiger partial charge in [0.2, 0.25) is 0 Å². The Morgan fingerprint density at radius 2 is 2.00 bits per heavy atom. The molecule has 1 N–H and O–H groups in total. The van der Waals surface area contributed by atoms with Gasteiger partial charge in [-0.15, -0.1) is 0 Å². The topological polar surface area (TPSA) is 38.3 Å². The van der Waals surface area contributed by atoms with Gasteiger partial charge in [0.15, 0.2) is 6.10 Å². The smallest absolute Gasteiger partial charge is 0.261 e. The van der Waals surface area contributed by atoms with Crippen LogP contribution in [0.4, 0.5) is 0 Å². The molecule has 4 heteroatoms. The Morgan fingerprint density at radius 1 is 1.21 bits per heavy atom. The maximum atomic E-state index is 12.3. The minimum atomic E-state index is -0.524. The van der Waals surface area contributed by atoms with Gasteiger partial charge in [0.25, 0.3) is 5.91 Å². The Kier molecular flexibility index (Phi) is 7.13. The van der Waals surface area contributed by atoms with Crippen molar-refractivity contribution in [3.63, 3.8) is 0 Å². The van der Waals surface area contributed by atoms with Gasteiger partial charge < -0.3 is 10.1 Å². The first-order valence-electron chi connectivity index (χ1n) is 8.34. The number of aryl methyl sites for hydroxylation is 2. The molecule has 2 aromatic rings. The number of hydrogen-bond acceptors (Lipinski definition) is 2. The molecule has 0 aliphatic rings. The molecule has 3 nitrogen and oxygen atoms in total. The molecular weight excluding hydrogens is 322 g/mol. The second-order valence-electron chi connectivity index (χ2n) is 5.83. The first-order chi connectivity index (χ1) is 11.6. The van der Waals surface area contributed by atoms with Crippen LogP contribution in [0.1, 0.15) is 30.9 Å². The molecule has 0 heterocycles. The second-order valence-corrected chi connectivity index (χ2v) is 6.24. The van der Waals surface area contributed by atoms with E-state index >= 15 is 0 Å². The van der Waals surface area contributed by atoms with E-state index in [9.17, 15) is 4.79 Å². The molecule has 0 aliphatic heterocycles. The Morgan fingerprint density at radius 3 is 2.71 bits per heavy atom. The Bertz CT molecular complexity index is 672. The first kappa shape index (κ1) is 18.3. The van der Waals surface area contributed by atoms with Gasteiger partial charge in [0, 0.05) is 6.54 Å². The zero-order valence-electron chi connectivity index (χ0n) is 14.2. The summed E-state index contributed by atoms with van der Waals surface area (Å²) < 4.78 is 5.74. The van der Waals surface area contributed by atoms with Gasteiger partial charge in [-0.05, 0) is 43.9 Å². The maximum absolute atomic E-state index is 12.3. The van der Waals surface area contributed by atoms with Gasteiger partial charge in [-0.25, -0.2) is 0 Å². The summed E-state index contributed by atoms with van der Waals surface area (Å²) in [6.45, 7) is 4.65. The highest BCUT2D eigenvalue weighted by molar-refractivity contribution is 6.32. The van der Waals surface area contributed by atoms with Crippen molar-refractivity contribution in [2.24, 2.45) is 0 Å². The molecule has 0 aromatic heterocycles. The molecule has 0 fully saturated rings. The lowest BCUT2D eigenvalue weighted by Crippen LogP contribution is -2.38. The minimum Gasteiger partial charge on any atom is -0.479 e. The van der Waals surface area contributed by atoms with Crippen LogP contribution >= 0.6 is 11.6 Å². The quantitative estimate of drug-likeness (QED) is 0.712. The standard InChI is InChI=1S/C20H24ClNO2/c1-3-18(24-19-12-5-4-11-17(19)21)20(23)22-13-7-10-16-9-6-8-15(2)14-16/h4-6,8-9,11-12,14,18H,3,7,10,13H2,1-2H3,(H,22,23). The Labute approximate surface area is 149 Å². The zero-order valence-corrected chi connectivity index (χ0v) is 15.0. The largest absolute Gasteiger partial charge is 0.479 e. The van der Waals surface area contributed by atoms with Crippen LogP contribution in [0.25, 0.3) is 0 Å². The lowest BCUT2D eigenvalue weighted by Gasteiger charge is -2.18. The average Bonchev–Trinajstić information content (AvgIpc) is 2.58. The van der Waals surface area contributed by atoms with Crippen molar-refractivity contribution in [1.29, 1.82) is 0 Å². The molecule has 1 atom stereocenters. The van der Waals surface area contributed by atoms with E-state index in [1.807, 2.05) is 19.1 Å². The van der Waals surface area contributed by atoms with Crippen molar-refractivity contribution < 1.29 is 9.53 Å². The Hall–Kier alpha value is -2.00. The number of para-hydroxylation sites is 1. The average molecular weight is 346 g/mol. The lowest BCUT2D eigenvalue weighted by molar-refractivity contribution is -0.128. The van der Waals surface area contributed by atoms with Crippen molar-refractivity contribution in [3.05, 3.63) is 64.7 Å².